The Morgan fingerprint density at radius 2 is 1.91 bits per heavy atom. The first-order valence-corrected chi connectivity index (χ1v) is 7.47. The Hall–Kier alpha value is -2.04. The summed E-state index contributed by atoms with van der Waals surface area (Å²) in [4.78, 5) is 26.3. The van der Waals surface area contributed by atoms with Gasteiger partial charge in [-0.2, -0.15) is 0 Å². The van der Waals surface area contributed by atoms with Gasteiger partial charge < -0.3 is 14.4 Å². The monoisotopic (exact) mass is 305 g/mol. The number of Topliss-reactive ketones (excluding diaryl/α,β-unsaturated/α-hetero) is 1. The Labute approximate surface area is 131 Å². The van der Waals surface area contributed by atoms with Gasteiger partial charge in [0.2, 0.25) is 0 Å². The largest absolute Gasteiger partial charge is 0.496 e. The van der Waals surface area contributed by atoms with Gasteiger partial charge in [-0.25, -0.2) is 4.79 Å². The molecule has 22 heavy (non-hydrogen) atoms. The van der Waals surface area contributed by atoms with Gasteiger partial charge in [0.05, 0.1) is 12.7 Å². The average Bonchev–Trinajstić information content (AvgIpc) is 2.94. The third-order valence-electron chi connectivity index (χ3n) is 3.58. The number of benzene rings is 1. The lowest BCUT2D eigenvalue weighted by molar-refractivity contribution is 0.0289. The van der Waals surface area contributed by atoms with Crippen molar-refractivity contribution >= 4 is 11.9 Å². The first-order valence-electron chi connectivity index (χ1n) is 7.47. The highest BCUT2D eigenvalue weighted by molar-refractivity contribution is 6.00. The maximum absolute atomic E-state index is 12.6. The van der Waals surface area contributed by atoms with Crippen LogP contribution in [0.3, 0.4) is 0 Å². The number of methoxy groups -OCH3 is 1. The van der Waals surface area contributed by atoms with E-state index in [1.54, 1.807) is 24.1 Å². The van der Waals surface area contributed by atoms with Gasteiger partial charge in [-0.05, 0) is 39.3 Å². The summed E-state index contributed by atoms with van der Waals surface area (Å²) in [5.74, 6) is 0.385. The lowest BCUT2D eigenvalue weighted by Crippen LogP contribution is -2.35. The molecule has 1 atom stereocenters. The molecule has 0 aliphatic carbocycles. The van der Waals surface area contributed by atoms with Crippen LogP contribution in [-0.4, -0.2) is 42.6 Å². The fourth-order valence-corrected chi connectivity index (χ4v) is 2.53. The maximum Gasteiger partial charge on any atom is 0.410 e. The molecule has 0 saturated carbocycles. The summed E-state index contributed by atoms with van der Waals surface area (Å²) < 4.78 is 10.6. The van der Waals surface area contributed by atoms with Gasteiger partial charge >= 0.3 is 6.09 Å². The summed E-state index contributed by atoms with van der Waals surface area (Å²) in [5, 5.41) is 0. The maximum atomic E-state index is 12.6. The number of hydrogen-bond acceptors (Lipinski definition) is 4. The molecule has 1 aliphatic heterocycles. The number of carbonyl (C=O) groups excluding carboxylic acids is 2. The third-order valence-corrected chi connectivity index (χ3v) is 3.58. The second kappa shape index (κ2) is 6.38. The lowest BCUT2D eigenvalue weighted by atomic mass is 9.96. The summed E-state index contributed by atoms with van der Waals surface area (Å²) in [6.07, 6.45) is 0.290. The van der Waals surface area contributed by atoms with Crippen LogP contribution in [0.2, 0.25) is 0 Å². The van der Waals surface area contributed by atoms with Crippen molar-refractivity contribution in [3.05, 3.63) is 29.8 Å². The van der Waals surface area contributed by atoms with Crippen LogP contribution >= 0.6 is 0 Å². The van der Waals surface area contributed by atoms with E-state index in [4.69, 9.17) is 9.47 Å². The molecule has 2 rings (SSSR count). The molecule has 0 bridgehead atoms. The molecule has 1 fully saturated rings. The number of ketones is 1. The standard InChI is InChI=1S/C17H23NO4/c1-17(2,3)22-16(20)18-10-9-12(11-18)15(19)13-7-5-6-8-14(13)21-4/h5-8,12H,9-11H2,1-4H3/t12-/m1/s1. The molecule has 0 spiro atoms. The molecule has 0 unspecified atom stereocenters. The molecule has 0 N–H and O–H groups in total. The SMILES string of the molecule is COc1ccccc1C(=O)[C@@H]1CCN(C(=O)OC(C)(C)C)C1. The molecule has 0 radical (unpaired) electrons. The fourth-order valence-electron chi connectivity index (χ4n) is 2.53. The van der Waals surface area contributed by atoms with Crippen LogP contribution in [-0.2, 0) is 4.74 Å². The minimum Gasteiger partial charge on any atom is -0.496 e. The number of nitrogens with zero attached hydrogens (tertiary/aromatic N) is 1. The number of hydrogen-bond donors (Lipinski definition) is 0. The molecule has 1 aliphatic rings. The topological polar surface area (TPSA) is 55.8 Å². The minimum absolute atomic E-state index is 0.0171. The van der Waals surface area contributed by atoms with Crippen LogP contribution in [0.25, 0.3) is 0 Å². The number of carbonyl (C=O) groups is 2. The molecular formula is C17H23NO4. The smallest absolute Gasteiger partial charge is 0.410 e. The van der Waals surface area contributed by atoms with E-state index in [-0.39, 0.29) is 17.8 Å². The number of ether oxygens (including phenoxy) is 2. The third kappa shape index (κ3) is 3.78. The van der Waals surface area contributed by atoms with E-state index in [1.807, 2.05) is 32.9 Å². The van der Waals surface area contributed by atoms with E-state index in [9.17, 15) is 9.59 Å². The lowest BCUT2D eigenvalue weighted by Gasteiger charge is -2.24. The highest BCUT2D eigenvalue weighted by Gasteiger charge is 2.34. The Balaban J connectivity index is 2.04. The molecule has 1 aromatic carbocycles. The van der Waals surface area contributed by atoms with Crippen molar-refractivity contribution in [3.63, 3.8) is 0 Å². The number of para-hydroxylation sites is 1. The number of likely N-dealkylation sites (tertiary alicyclic amines) is 1. The Morgan fingerprint density at radius 3 is 2.55 bits per heavy atom. The van der Waals surface area contributed by atoms with E-state index >= 15 is 0 Å². The van der Waals surface area contributed by atoms with E-state index in [0.29, 0.717) is 30.8 Å². The van der Waals surface area contributed by atoms with Crippen molar-refractivity contribution in [2.75, 3.05) is 20.2 Å². The van der Waals surface area contributed by atoms with Gasteiger partial charge in [0, 0.05) is 19.0 Å². The summed E-state index contributed by atoms with van der Waals surface area (Å²) in [5.41, 5.74) is 0.0444. The zero-order chi connectivity index (χ0) is 16.3. The fraction of sp³-hybridized carbons (Fsp3) is 0.529. The predicted octanol–water partition coefficient (Wildman–Crippen LogP) is 3.13. The van der Waals surface area contributed by atoms with Crippen molar-refractivity contribution in [1.29, 1.82) is 0 Å². The van der Waals surface area contributed by atoms with Crippen molar-refractivity contribution in [2.24, 2.45) is 5.92 Å². The molecule has 1 amide bonds. The molecule has 5 nitrogen and oxygen atoms in total. The molecule has 0 aromatic heterocycles. The normalized spacial score (nSPS) is 18.2. The van der Waals surface area contributed by atoms with Crippen LogP contribution < -0.4 is 4.74 Å². The number of amides is 1. The molecule has 5 heteroatoms. The Morgan fingerprint density at radius 1 is 1.23 bits per heavy atom. The van der Waals surface area contributed by atoms with Gasteiger partial charge in [-0.1, -0.05) is 12.1 Å². The van der Waals surface area contributed by atoms with E-state index < -0.39 is 5.60 Å². The quantitative estimate of drug-likeness (QED) is 0.805. The minimum atomic E-state index is -0.526. The zero-order valence-electron chi connectivity index (χ0n) is 13.6. The second-order valence-electron chi connectivity index (χ2n) is 6.48. The van der Waals surface area contributed by atoms with Crippen molar-refractivity contribution in [3.8, 4) is 5.75 Å². The second-order valence-corrected chi connectivity index (χ2v) is 6.48. The highest BCUT2D eigenvalue weighted by atomic mass is 16.6. The van der Waals surface area contributed by atoms with Crippen molar-refractivity contribution in [1.82, 2.24) is 4.90 Å². The number of rotatable bonds is 3. The predicted molar refractivity (Wildman–Crippen MR) is 83.2 cm³/mol. The summed E-state index contributed by atoms with van der Waals surface area (Å²) >= 11 is 0. The first-order chi connectivity index (χ1) is 10.3. The average molecular weight is 305 g/mol. The summed E-state index contributed by atoms with van der Waals surface area (Å²) in [6, 6.07) is 7.18. The first kappa shape index (κ1) is 16.3. The van der Waals surface area contributed by atoms with Crippen LogP contribution in [0.15, 0.2) is 24.3 Å². The van der Waals surface area contributed by atoms with Gasteiger partial charge in [-0.15, -0.1) is 0 Å². The molecule has 120 valence electrons. The summed E-state index contributed by atoms with van der Waals surface area (Å²) in [7, 11) is 1.55. The Kier molecular flexibility index (Phi) is 4.74. The van der Waals surface area contributed by atoms with Gasteiger partial charge in [0.25, 0.3) is 0 Å². The zero-order valence-corrected chi connectivity index (χ0v) is 13.6. The summed E-state index contributed by atoms with van der Waals surface area (Å²) in [6.45, 7) is 6.43. The molecule has 1 aromatic rings. The van der Waals surface area contributed by atoms with Crippen LogP contribution in [0, 0.1) is 5.92 Å². The van der Waals surface area contributed by atoms with Gasteiger partial charge in [0.15, 0.2) is 5.78 Å². The molecule has 1 heterocycles. The van der Waals surface area contributed by atoms with E-state index in [2.05, 4.69) is 0 Å². The molecule has 1 saturated heterocycles. The van der Waals surface area contributed by atoms with Crippen LogP contribution in [0.4, 0.5) is 4.79 Å². The van der Waals surface area contributed by atoms with Crippen LogP contribution in [0.1, 0.15) is 37.6 Å². The van der Waals surface area contributed by atoms with Crippen LogP contribution in [0.5, 0.6) is 5.75 Å². The molecular weight excluding hydrogens is 282 g/mol. The van der Waals surface area contributed by atoms with E-state index in [0.717, 1.165) is 0 Å². The highest BCUT2D eigenvalue weighted by Crippen LogP contribution is 2.27. The van der Waals surface area contributed by atoms with Crippen molar-refractivity contribution < 1.29 is 19.1 Å². The van der Waals surface area contributed by atoms with E-state index in [1.165, 1.54) is 0 Å². The van der Waals surface area contributed by atoms with Gasteiger partial charge in [0.1, 0.15) is 11.4 Å². The van der Waals surface area contributed by atoms with Gasteiger partial charge in [-0.3, -0.25) is 4.79 Å². The van der Waals surface area contributed by atoms with Crippen molar-refractivity contribution in [2.45, 2.75) is 32.8 Å². The Bertz CT molecular complexity index is 562.